The second-order valence-corrected chi connectivity index (χ2v) is 8.31. The third-order valence-corrected chi connectivity index (χ3v) is 6.43. The van der Waals surface area contributed by atoms with E-state index in [1.807, 2.05) is 28.7 Å². The normalized spacial score (nSPS) is 11.6. The van der Waals surface area contributed by atoms with Crippen molar-refractivity contribution in [3.8, 4) is 0 Å². The summed E-state index contributed by atoms with van der Waals surface area (Å²) in [5.41, 5.74) is 2.12. The Bertz CT molecular complexity index is 1410. The van der Waals surface area contributed by atoms with Crippen LogP contribution in [0.2, 0.25) is 0 Å². The van der Waals surface area contributed by atoms with Crippen LogP contribution in [0.1, 0.15) is 25.3 Å². The minimum atomic E-state index is 0.00422. The van der Waals surface area contributed by atoms with Crippen molar-refractivity contribution in [3.63, 3.8) is 0 Å². The Morgan fingerprint density at radius 1 is 0.900 bits per heavy atom. The van der Waals surface area contributed by atoms with Crippen LogP contribution in [0.25, 0.3) is 27.5 Å². The lowest BCUT2D eigenvalue weighted by atomic mass is 10.1. The van der Waals surface area contributed by atoms with Crippen molar-refractivity contribution in [2.24, 2.45) is 0 Å². The molecule has 2 heterocycles. The van der Waals surface area contributed by atoms with Gasteiger partial charge in [0.25, 0.3) is 5.56 Å². The van der Waals surface area contributed by atoms with Crippen molar-refractivity contribution < 1.29 is 0 Å². The Kier molecular flexibility index (Phi) is 5.01. The zero-order chi connectivity index (χ0) is 20.5. The van der Waals surface area contributed by atoms with Crippen LogP contribution in [0.15, 0.2) is 76.7 Å². The Morgan fingerprint density at radius 2 is 1.67 bits per heavy atom. The number of para-hydroxylation sites is 1. The van der Waals surface area contributed by atoms with Crippen LogP contribution in [-0.2, 0) is 12.3 Å². The molecule has 0 amide bonds. The molecule has 150 valence electrons. The van der Waals surface area contributed by atoms with Gasteiger partial charge in [-0.05, 0) is 34.9 Å². The number of hydrogen-bond donors (Lipinski definition) is 0. The number of rotatable bonds is 6. The monoisotopic (exact) mass is 414 g/mol. The average molecular weight is 415 g/mol. The molecule has 0 aliphatic rings. The summed E-state index contributed by atoms with van der Waals surface area (Å²) in [5, 5.41) is 12.9. The van der Waals surface area contributed by atoms with Gasteiger partial charge in [-0.3, -0.25) is 13.8 Å². The minimum absolute atomic E-state index is 0.00422. The molecule has 5 nitrogen and oxygen atoms in total. The fraction of sp³-hybridized carbons (Fsp3) is 0.208. The lowest BCUT2D eigenvalue weighted by Gasteiger charge is -2.11. The topological polar surface area (TPSA) is 52.2 Å². The van der Waals surface area contributed by atoms with Crippen LogP contribution < -0.4 is 5.56 Å². The number of hydrogen-bond acceptors (Lipinski definition) is 4. The van der Waals surface area contributed by atoms with Crippen LogP contribution in [0.3, 0.4) is 0 Å². The minimum Gasteiger partial charge on any atom is -0.276 e. The maximum Gasteiger partial charge on any atom is 0.262 e. The van der Waals surface area contributed by atoms with E-state index in [0.29, 0.717) is 17.7 Å². The molecule has 0 aliphatic carbocycles. The van der Waals surface area contributed by atoms with E-state index in [1.165, 1.54) is 16.3 Å². The Labute approximate surface area is 178 Å². The van der Waals surface area contributed by atoms with Crippen molar-refractivity contribution in [2.45, 2.75) is 37.2 Å². The predicted octanol–water partition coefficient (Wildman–Crippen LogP) is 5.29. The second kappa shape index (κ2) is 7.95. The van der Waals surface area contributed by atoms with Crippen molar-refractivity contribution in [2.75, 3.05) is 0 Å². The van der Waals surface area contributed by atoms with Gasteiger partial charge in [0.2, 0.25) is 5.78 Å². The first-order chi connectivity index (χ1) is 14.8. The van der Waals surface area contributed by atoms with E-state index >= 15 is 0 Å². The number of nitrogens with zero attached hydrogens (tertiary/aromatic N) is 4. The Balaban J connectivity index is 1.61. The van der Waals surface area contributed by atoms with Crippen LogP contribution in [-0.4, -0.2) is 19.2 Å². The second-order valence-electron chi connectivity index (χ2n) is 7.37. The summed E-state index contributed by atoms with van der Waals surface area (Å²) in [5.74, 6) is 1.40. The molecule has 0 fully saturated rings. The molecule has 0 spiro atoms. The fourth-order valence-corrected chi connectivity index (χ4v) is 4.85. The lowest BCUT2D eigenvalue weighted by Crippen LogP contribution is -2.23. The zero-order valence-electron chi connectivity index (χ0n) is 16.8. The van der Waals surface area contributed by atoms with Gasteiger partial charge in [0.1, 0.15) is 0 Å². The molecule has 0 aliphatic heterocycles. The first-order valence-electron chi connectivity index (χ1n) is 10.2. The molecule has 5 rings (SSSR count). The fourth-order valence-electron chi connectivity index (χ4n) is 3.91. The molecule has 0 unspecified atom stereocenters. The largest absolute Gasteiger partial charge is 0.276 e. The predicted molar refractivity (Wildman–Crippen MR) is 123 cm³/mol. The molecule has 5 aromatic rings. The molecular weight excluding hydrogens is 392 g/mol. The van der Waals surface area contributed by atoms with E-state index < -0.39 is 0 Å². The number of thioether (sulfide) groups is 1. The molecule has 3 aromatic carbocycles. The molecule has 0 N–H and O–H groups in total. The number of unbranched alkanes of at least 4 members (excludes halogenated alkanes) is 1. The number of aromatic nitrogens is 4. The van der Waals surface area contributed by atoms with E-state index in [-0.39, 0.29) is 5.56 Å². The third-order valence-electron chi connectivity index (χ3n) is 5.45. The standard InChI is InChI=1S/C24H22N4OS/c1-2-3-15-27-22(29)20-13-6-7-14-21(20)28-23(27)25-26-24(28)30-16-18-11-8-10-17-9-4-5-12-19(17)18/h4-14H,2-3,15-16H2,1H3. The van der Waals surface area contributed by atoms with Gasteiger partial charge in [0.05, 0.1) is 10.9 Å². The van der Waals surface area contributed by atoms with E-state index in [2.05, 4.69) is 59.6 Å². The first-order valence-corrected chi connectivity index (χ1v) is 11.2. The van der Waals surface area contributed by atoms with E-state index in [4.69, 9.17) is 0 Å². The van der Waals surface area contributed by atoms with Gasteiger partial charge >= 0.3 is 0 Å². The van der Waals surface area contributed by atoms with Gasteiger partial charge in [-0.1, -0.05) is 79.7 Å². The van der Waals surface area contributed by atoms with Gasteiger partial charge in [-0.25, -0.2) is 0 Å². The van der Waals surface area contributed by atoms with E-state index in [9.17, 15) is 4.79 Å². The molecule has 0 radical (unpaired) electrons. The molecule has 0 atom stereocenters. The van der Waals surface area contributed by atoms with E-state index in [0.717, 1.165) is 29.3 Å². The summed E-state index contributed by atoms with van der Waals surface area (Å²) < 4.78 is 3.79. The highest BCUT2D eigenvalue weighted by molar-refractivity contribution is 7.98. The molecule has 6 heteroatoms. The molecule has 2 aromatic heterocycles. The third kappa shape index (κ3) is 3.17. The Morgan fingerprint density at radius 3 is 2.53 bits per heavy atom. The molecule has 30 heavy (non-hydrogen) atoms. The van der Waals surface area contributed by atoms with Crippen LogP contribution >= 0.6 is 11.8 Å². The van der Waals surface area contributed by atoms with Gasteiger partial charge in [0, 0.05) is 12.3 Å². The zero-order valence-corrected chi connectivity index (χ0v) is 17.6. The quantitative estimate of drug-likeness (QED) is 0.354. The summed E-state index contributed by atoms with van der Waals surface area (Å²) >= 11 is 1.65. The van der Waals surface area contributed by atoms with Crippen LogP contribution in [0.4, 0.5) is 0 Å². The number of aryl methyl sites for hydroxylation is 1. The summed E-state index contributed by atoms with van der Waals surface area (Å²) in [7, 11) is 0. The smallest absolute Gasteiger partial charge is 0.262 e. The van der Waals surface area contributed by atoms with Crippen LogP contribution in [0.5, 0.6) is 0 Å². The van der Waals surface area contributed by atoms with Crippen LogP contribution in [0, 0.1) is 0 Å². The highest BCUT2D eigenvalue weighted by Gasteiger charge is 2.16. The van der Waals surface area contributed by atoms with Crippen molar-refractivity contribution in [1.82, 2.24) is 19.2 Å². The summed E-state index contributed by atoms with van der Waals surface area (Å²) in [6.07, 6.45) is 1.95. The van der Waals surface area contributed by atoms with Gasteiger partial charge in [-0.15, -0.1) is 10.2 Å². The first kappa shape index (κ1) is 18.9. The molecule has 0 bridgehead atoms. The average Bonchev–Trinajstić information content (AvgIpc) is 3.21. The lowest BCUT2D eigenvalue weighted by molar-refractivity contribution is 0.620. The summed E-state index contributed by atoms with van der Waals surface area (Å²) in [6.45, 7) is 2.77. The van der Waals surface area contributed by atoms with Gasteiger partial charge < -0.3 is 0 Å². The van der Waals surface area contributed by atoms with Gasteiger partial charge in [-0.2, -0.15) is 0 Å². The van der Waals surface area contributed by atoms with E-state index in [1.54, 1.807) is 16.3 Å². The molecule has 0 saturated carbocycles. The van der Waals surface area contributed by atoms with Gasteiger partial charge in [0.15, 0.2) is 5.16 Å². The highest BCUT2D eigenvalue weighted by atomic mass is 32.2. The maximum atomic E-state index is 13.1. The molecule has 0 saturated heterocycles. The maximum absolute atomic E-state index is 13.1. The summed E-state index contributed by atoms with van der Waals surface area (Å²) in [6, 6.07) is 22.5. The number of benzene rings is 3. The highest BCUT2D eigenvalue weighted by Crippen LogP contribution is 2.28. The van der Waals surface area contributed by atoms with Crippen molar-refractivity contribution >= 4 is 39.2 Å². The number of fused-ring (bicyclic) bond motifs is 4. The molecular formula is C24H22N4OS. The SMILES string of the molecule is CCCCn1c(=O)c2ccccc2n2c(SCc3cccc4ccccc34)nnc12. The summed E-state index contributed by atoms with van der Waals surface area (Å²) in [4.78, 5) is 13.1. The van der Waals surface area contributed by atoms with Crippen molar-refractivity contribution in [3.05, 3.63) is 82.6 Å². The van der Waals surface area contributed by atoms with Crippen molar-refractivity contribution in [1.29, 1.82) is 0 Å². The Hall–Kier alpha value is -3.12.